The van der Waals surface area contributed by atoms with Gasteiger partial charge < -0.3 is 5.11 Å². The Labute approximate surface area is 166 Å². The molecule has 0 amide bonds. The topological polar surface area (TPSA) is 165 Å². The quantitative estimate of drug-likeness (QED) is 0.373. The maximum absolute atomic E-state index is 11.5. The van der Waals surface area contributed by atoms with Gasteiger partial charge in [-0.1, -0.05) is 12.1 Å². The van der Waals surface area contributed by atoms with Crippen LogP contribution in [-0.4, -0.2) is 36.1 Å². The molecule has 11 heteroatoms. The number of rotatable bonds is 5. The first-order valence-electron chi connectivity index (χ1n) is 8.47. The van der Waals surface area contributed by atoms with E-state index in [0.717, 1.165) is 0 Å². The van der Waals surface area contributed by atoms with Crippen LogP contribution in [0.15, 0.2) is 54.6 Å². The zero-order valence-electron chi connectivity index (χ0n) is 15.0. The lowest BCUT2D eigenvalue weighted by Crippen LogP contribution is -2.01. The number of pyridine rings is 1. The van der Waals surface area contributed by atoms with E-state index in [9.17, 15) is 30.1 Å². The number of non-ortho nitro benzene ring substituents is 2. The maximum Gasteiger partial charge on any atom is 0.354 e. The van der Waals surface area contributed by atoms with Gasteiger partial charge in [0.15, 0.2) is 11.3 Å². The summed E-state index contributed by atoms with van der Waals surface area (Å²) in [6.45, 7) is 0. The van der Waals surface area contributed by atoms with Crippen molar-refractivity contribution in [2.45, 2.75) is 0 Å². The van der Waals surface area contributed by atoms with Gasteiger partial charge >= 0.3 is 5.97 Å². The van der Waals surface area contributed by atoms with E-state index in [1.54, 1.807) is 6.07 Å². The van der Waals surface area contributed by atoms with Crippen molar-refractivity contribution >= 4 is 28.4 Å². The van der Waals surface area contributed by atoms with Crippen LogP contribution < -0.4 is 0 Å². The molecule has 30 heavy (non-hydrogen) atoms. The molecular weight excluding hydrogens is 394 g/mol. The minimum Gasteiger partial charge on any atom is -0.477 e. The first kappa shape index (κ1) is 18.7. The van der Waals surface area contributed by atoms with Gasteiger partial charge in [-0.3, -0.25) is 25.3 Å². The Hall–Kier alpha value is -4.67. The number of nitrogens with one attached hydrogen (secondary N) is 1. The smallest absolute Gasteiger partial charge is 0.354 e. The van der Waals surface area contributed by atoms with Crippen molar-refractivity contribution in [3.63, 3.8) is 0 Å². The summed E-state index contributed by atoms with van der Waals surface area (Å²) < 4.78 is 0. The third-order valence-corrected chi connectivity index (χ3v) is 4.48. The third kappa shape index (κ3) is 3.20. The van der Waals surface area contributed by atoms with Crippen LogP contribution in [0.1, 0.15) is 10.5 Å². The number of hydrogen-bond acceptors (Lipinski definition) is 7. The predicted molar refractivity (Wildman–Crippen MR) is 105 cm³/mol. The van der Waals surface area contributed by atoms with Crippen LogP contribution in [-0.2, 0) is 0 Å². The zero-order chi connectivity index (χ0) is 21.4. The van der Waals surface area contributed by atoms with Crippen molar-refractivity contribution in [3.8, 4) is 22.4 Å². The fraction of sp³-hybridized carbons (Fsp3) is 0. The van der Waals surface area contributed by atoms with Crippen LogP contribution in [0.4, 0.5) is 11.4 Å². The number of carboxylic acids is 1. The summed E-state index contributed by atoms with van der Waals surface area (Å²) in [4.78, 5) is 36.5. The maximum atomic E-state index is 11.5. The Kier molecular flexibility index (Phi) is 4.39. The van der Waals surface area contributed by atoms with Crippen molar-refractivity contribution < 1.29 is 19.7 Å². The normalized spacial score (nSPS) is 10.8. The average Bonchev–Trinajstić information content (AvgIpc) is 3.17. The molecule has 11 nitrogen and oxygen atoms in total. The number of fused-ring (bicyclic) bond motifs is 1. The molecule has 4 aromatic rings. The number of aromatic amines is 1. The molecule has 0 aliphatic heterocycles. The van der Waals surface area contributed by atoms with E-state index in [4.69, 9.17) is 0 Å². The summed E-state index contributed by atoms with van der Waals surface area (Å²) in [7, 11) is 0. The van der Waals surface area contributed by atoms with Gasteiger partial charge in [-0.15, -0.1) is 0 Å². The Bertz CT molecular complexity index is 1330. The standard InChI is InChI=1S/C19H11N5O6/c25-19(26)15-9-14(11-2-1-3-13(8-11)24(29)30)16-17(21-22-18(16)20-15)10-4-6-12(7-5-10)23(27)28/h1-9H,(H,25,26)(H,20,21,22). The number of carboxylic acid groups (broad SMARTS) is 1. The van der Waals surface area contributed by atoms with Gasteiger partial charge in [-0.05, 0) is 29.3 Å². The van der Waals surface area contributed by atoms with E-state index < -0.39 is 15.8 Å². The number of H-pyrrole nitrogens is 1. The highest BCUT2D eigenvalue weighted by molar-refractivity contribution is 6.05. The zero-order valence-corrected chi connectivity index (χ0v) is 15.0. The summed E-state index contributed by atoms with van der Waals surface area (Å²) in [6, 6.07) is 12.8. The predicted octanol–water partition coefficient (Wildman–Crippen LogP) is 3.81. The molecule has 0 unspecified atom stereocenters. The number of nitrogens with zero attached hydrogens (tertiary/aromatic N) is 4. The number of aromatic carboxylic acids is 1. The molecule has 0 saturated heterocycles. The molecule has 148 valence electrons. The minimum atomic E-state index is -1.27. The number of nitro benzene ring substituents is 2. The van der Waals surface area contributed by atoms with E-state index in [0.29, 0.717) is 27.8 Å². The van der Waals surface area contributed by atoms with Crippen molar-refractivity contribution in [1.29, 1.82) is 0 Å². The molecule has 0 spiro atoms. The van der Waals surface area contributed by atoms with Crippen LogP contribution in [0, 0.1) is 20.2 Å². The van der Waals surface area contributed by atoms with Crippen molar-refractivity contribution in [2.24, 2.45) is 0 Å². The highest BCUT2D eigenvalue weighted by Gasteiger charge is 2.20. The molecule has 0 aliphatic rings. The van der Waals surface area contributed by atoms with Crippen LogP contribution in [0.5, 0.6) is 0 Å². The van der Waals surface area contributed by atoms with Crippen LogP contribution in [0.25, 0.3) is 33.4 Å². The Morgan fingerprint density at radius 2 is 1.63 bits per heavy atom. The van der Waals surface area contributed by atoms with E-state index in [1.807, 2.05) is 0 Å². The first-order valence-corrected chi connectivity index (χ1v) is 8.47. The molecule has 0 radical (unpaired) electrons. The fourth-order valence-corrected chi connectivity index (χ4v) is 3.11. The highest BCUT2D eigenvalue weighted by atomic mass is 16.6. The molecule has 2 N–H and O–H groups in total. The number of benzene rings is 2. The van der Waals surface area contributed by atoms with Gasteiger partial charge in [0, 0.05) is 29.8 Å². The average molecular weight is 405 g/mol. The van der Waals surface area contributed by atoms with E-state index in [-0.39, 0.29) is 22.7 Å². The largest absolute Gasteiger partial charge is 0.477 e. The summed E-state index contributed by atoms with van der Waals surface area (Å²) in [6.07, 6.45) is 0. The third-order valence-electron chi connectivity index (χ3n) is 4.48. The minimum absolute atomic E-state index is 0.0900. The summed E-state index contributed by atoms with van der Waals surface area (Å²) >= 11 is 0. The van der Waals surface area contributed by atoms with Gasteiger partial charge in [0.2, 0.25) is 0 Å². The van der Waals surface area contributed by atoms with Crippen molar-refractivity contribution in [3.05, 3.63) is 80.5 Å². The van der Waals surface area contributed by atoms with Gasteiger partial charge in [-0.25, -0.2) is 9.78 Å². The molecule has 2 heterocycles. The highest BCUT2D eigenvalue weighted by Crippen LogP contribution is 2.36. The van der Waals surface area contributed by atoms with Gasteiger partial charge in [0.25, 0.3) is 11.4 Å². The molecule has 0 saturated carbocycles. The number of hydrogen-bond donors (Lipinski definition) is 2. The van der Waals surface area contributed by atoms with Gasteiger partial charge in [-0.2, -0.15) is 5.10 Å². The second-order valence-corrected chi connectivity index (χ2v) is 6.27. The number of nitro groups is 2. The second-order valence-electron chi connectivity index (χ2n) is 6.27. The van der Waals surface area contributed by atoms with Crippen LogP contribution in [0.2, 0.25) is 0 Å². The van der Waals surface area contributed by atoms with E-state index in [2.05, 4.69) is 15.2 Å². The number of aromatic nitrogens is 3. The SMILES string of the molecule is O=C(O)c1cc(-c2cccc([N+](=O)[O-])c2)c2c(-c3ccc([N+](=O)[O-])cc3)[nH]nc2n1. The Balaban J connectivity index is 1.99. The lowest BCUT2D eigenvalue weighted by atomic mass is 9.98. The van der Waals surface area contributed by atoms with Gasteiger partial charge in [0.05, 0.1) is 20.9 Å². The molecule has 2 aromatic heterocycles. The Morgan fingerprint density at radius 3 is 2.27 bits per heavy atom. The molecule has 0 aliphatic carbocycles. The van der Waals surface area contributed by atoms with Crippen LogP contribution >= 0.6 is 0 Å². The molecule has 0 fully saturated rings. The van der Waals surface area contributed by atoms with E-state index >= 15 is 0 Å². The molecule has 4 rings (SSSR count). The molecule has 0 atom stereocenters. The first-order chi connectivity index (χ1) is 14.3. The summed E-state index contributed by atoms with van der Waals surface area (Å²) in [5, 5.41) is 38.8. The van der Waals surface area contributed by atoms with Crippen molar-refractivity contribution in [1.82, 2.24) is 15.2 Å². The van der Waals surface area contributed by atoms with E-state index in [1.165, 1.54) is 48.5 Å². The van der Waals surface area contributed by atoms with Crippen LogP contribution in [0.3, 0.4) is 0 Å². The van der Waals surface area contributed by atoms with Gasteiger partial charge in [0.1, 0.15) is 0 Å². The fourth-order valence-electron chi connectivity index (χ4n) is 3.11. The summed E-state index contributed by atoms with van der Waals surface area (Å²) in [5.41, 5.74) is 1.37. The second kappa shape index (κ2) is 7.05. The van der Waals surface area contributed by atoms with Crippen molar-refractivity contribution in [2.75, 3.05) is 0 Å². The Morgan fingerprint density at radius 1 is 0.933 bits per heavy atom. The molecule has 2 aromatic carbocycles. The lowest BCUT2D eigenvalue weighted by Gasteiger charge is -2.07. The molecular formula is C19H11N5O6. The molecule has 0 bridgehead atoms. The lowest BCUT2D eigenvalue weighted by molar-refractivity contribution is -0.385. The number of carbonyl (C=O) groups is 1. The summed E-state index contributed by atoms with van der Waals surface area (Å²) in [5.74, 6) is -1.27. The monoisotopic (exact) mass is 405 g/mol.